The first-order chi connectivity index (χ1) is 7.45. The maximum absolute atomic E-state index is 11.7. The number of hydrogen-bond acceptors (Lipinski definition) is 4. The second kappa shape index (κ2) is 3.94. The number of carbonyl (C=O) groups is 2. The number of carboxylic acids is 1. The van der Waals surface area contributed by atoms with Gasteiger partial charge in [-0.05, 0) is 6.08 Å². The van der Waals surface area contributed by atoms with Gasteiger partial charge in [0.15, 0.2) is 0 Å². The number of halogens is 1. The quantitative estimate of drug-likeness (QED) is 0.394. The summed E-state index contributed by atoms with van der Waals surface area (Å²) < 4.78 is 11.7. The number of fused-ring (bicyclic) bond motifs is 1. The highest BCUT2D eigenvalue weighted by Gasteiger charge is 2.56. The Morgan fingerprint density at radius 3 is 2.88 bits per heavy atom. The van der Waals surface area contributed by atoms with Crippen LogP contribution in [0.3, 0.4) is 0 Å². The van der Waals surface area contributed by atoms with Crippen molar-refractivity contribution in [1.29, 1.82) is 0 Å². The van der Waals surface area contributed by atoms with E-state index in [2.05, 4.69) is 15.9 Å². The minimum absolute atomic E-state index is 0.0981. The van der Waals surface area contributed by atoms with Crippen LogP contribution in [0, 0.1) is 5.92 Å². The van der Waals surface area contributed by atoms with Crippen molar-refractivity contribution in [3.8, 4) is 0 Å². The second-order valence-electron chi connectivity index (χ2n) is 3.51. The normalized spacial score (nSPS) is 34.9. The molecule has 88 valence electrons. The van der Waals surface area contributed by atoms with Crippen LogP contribution < -0.4 is 5.73 Å². The molecular weight excluding hydrogens is 300 g/mol. The Hall–Kier alpha value is -0.730. The molecule has 0 spiro atoms. The lowest BCUT2D eigenvalue weighted by molar-refractivity contribution is -0.152. The van der Waals surface area contributed by atoms with Gasteiger partial charge in [-0.2, -0.15) is 0 Å². The molecule has 1 fully saturated rings. The Kier molecular flexibility index (Phi) is 2.89. The minimum atomic E-state index is -1.28. The topological polar surface area (TPSA) is 101 Å². The van der Waals surface area contributed by atoms with E-state index in [0.717, 1.165) is 4.90 Å². The summed E-state index contributed by atoms with van der Waals surface area (Å²) in [6.45, 7) is 0. The van der Waals surface area contributed by atoms with Crippen molar-refractivity contribution in [2.45, 2.75) is 10.3 Å². The van der Waals surface area contributed by atoms with Crippen LogP contribution in [0.15, 0.2) is 11.8 Å². The van der Waals surface area contributed by atoms with Gasteiger partial charge in [-0.1, -0.05) is 15.9 Å². The van der Waals surface area contributed by atoms with Gasteiger partial charge in [-0.15, -0.1) is 0 Å². The highest BCUT2D eigenvalue weighted by atomic mass is 79.9. The fraction of sp³-hybridized carbons (Fsp3) is 0.500. The number of nitrogens with zero attached hydrogens (tertiary/aromatic N) is 1. The zero-order chi connectivity index (χ0) is 12.0. The van der Waals surface area contributed by atoms with Gasteiger partial charge in [0.1, 0.15) is 11.1 Å². The van der Waals surface area contributed by atoms with Crippen LogP contribution in [0.5, 0.6) is 0 Å². The number of carbonyl (C=O) groups excluding carboxylic acids is 1. The molecule has 2 aliphatic rings. The molecule has 1 unspecified atom stereocenters. The molecule has 4 atom stereocenters. The number of β-lactam (4-membered cyclic amide) rings is 1. The summed E-state index contributed by atoms with van der Waals surface area (Å²) in [6.07, 6.45) is 1.31. The highest BCUT2D eigenvalue weighted by Crippen LogP contribution is 2.38. The number of aliphatic carboxylic acids is 1. The Morgan fingerprint density at radius 2 is 2.38 bits per heavy atom. The summed E-state index contributed by atoms with van der Waals surface area (Å²) in [6, 6.07) is 0. The molecule has 0 aromatic heterocycles. The van der Waals surface area contributed by atoms with Gasteiger partial charge >= 0.3 is 5.97 Å². The van der Waals surface area contributed by atoms with Crippen LogP contribution in [0.25, 0.3) is 0 Å². The van der Waals surface area contributed by atoms with Gasteiger partial charge in [0, 0.05) is 16.6 Å². The molecule has 1 saturated heterocycles. The van der Waals surface area contributed by atoms with Crippen LogP contribution in [-0.2, 0) is 20.4 Å². The average Bonchev–Trinajstić information content (AvgIpc) is 2.17. The van der Waals surface area contributed by atoms with E-state index in [-0.39, 0.29) is 11.4 Å². The first-order valence-corrected chi connectivity index (χ1v) is 6.78. The Morgan fingerprint density at radius 1 is 1.75 bits per heavy atom. The molecule has 0 aliphatic carbocycles. The van der Waals surface area contributed by atoms with Crippen molar-refractivity contribution < 1.29 is 18.9 Å². The molecule has 2 heterocycles. The predicted octanol–water partition coefficient (Wildman–Crippen LogP) is -0.819. The number of carboxylic acid groups (broad SMARTS) is 1. The van der Waals surface area contributed by atoms with Gasteiger partial charge < -0.3 is 10.8 Å². The van der Waals surface area contributed by atoms with Crippen LogP contribution in [0.1, 0.15) is 0 Å². The molecular formula is C8H9BrN2O4S. The van der Waals surface area contributed by atoms with Crippen molar-refractivity contribution in [3.05, 3.63) is 11.8 Å². The number of nitrogens with two attached hydrogens (primary N) is 1. The average molecular weight is 309 g/mol. The van der Waals surface area contributed by atoms with E-state index in [1.165, 1.54) is 6.08 Å². The fourth-order valence-electron chi connectivity index (χ4n) is 1.87. The summed E-state index contributed by atoms with van der Waals surface area (Å²) in [4.78, 5) is 23.0. The highest BCUT2D eigenvalue weighted by molar-refractivity contribution is 9.09. The minimum Gasteiger partial charge on any atom is -0.477 e. The molecule has 6 nitrogen and oxygen atoms in total. The summed E-state index contributed by atoms with van der Waals surface area (Å²) in [5.41, 5.74) is 5.45. The largest absolute Gasteiger partial charge is 0.477 e. The number of rotatable bonds is 2. The standard InChI is InChI=1S/C8H9BrN2O4S/c9-5(10)4-6(12)11-3(8(13)14)1-2-16(15)7(4)11/h1,4-5,7H,2,10H2,(H,13,14)/t4-,5?,7-,16+/m1/s1. The van der Waals surface area contributed by atoms with E-state index in [9.17, 15) is 13.8 Å². The lowest BCUT2D eigenvalue weighted by Crippen LogP contribution is -2.68. The Bertz CT molecular complexity index is 422. The zero-order valence-electron chi connectivity index (χ0n) is 8.00. The van der Waals surface area contributed by atoms with Crippen LogP contribution in [-0.4, -0.2) is 42.2 Å². The van der Waals surface area contributed by atoms with Crippen LogP contribution in [0.4, 0.5) is 0 Å². The number of alkyl halides is 1. The lowest BCUT2D eigenvalue weighted by atomic mass is 9.97. The van der Waals surface area contributed by atoms with E-state index in [1.807, 2.05) is 0 Å². The molecule has 16 heavy (non-hydrogen) atoms. The van der Waals surface area contributed by atoms with E-state index < -0.39 is 38.9 Å². The van der Waals surface area contributed by atoms with Crippen LogP contribution >= 0.6 is 15.9 Å². The monoisotopic (exact) mass is 308 g/mol. The Labute approximate surface area is 102 Å². The van der Waals surface area contributed by atoms with Gasteiger partial charge in [-0.25, -0.2) is 4.79 Å². The van der Waals surface area contributed by atoms with Crippen molar-refractivity contribution in [1.82, 2.24) is 4.90 Å². The molecule has 2 rings (SSSR count). The van der Waals surface area contributed by atoms with E-state index in [1.54, 1.807) is 0 Å². The van der Waals surface area contributed by atoms with E-state index in [4.69, 9.17) is 10.8 Å². The number of hydrogen-bond donors (Lipinski definition) is 2. The third-order valence-electron chi connectivity index (χ3n) is 2.62. The molecule has 0 saturated carbocycles. The molecule has 1 amide bonds. The second-order valence-corrected chi connectivity index (χ2v) is 6.15. The first kappa shape index (κ1) is 11.7. The lowest BCUT2D eigenvalue weighted by Gasteiger charge is -2.48. The molecule has 0 aromatic carbocycles. The van der Waals surface area contributed by atoms with Crippen molar-refractivity contribution in [2.75, 3.05) is 5.75 Å². The molecule has 8 heteroatoms. The van der Waals surface area contributed by atoms with Crippen molar-refractivity contribution >= 4 is 38.6 Å². The third-order valence-corrected chi connectivity index (χ3v) is 4.72. The molecule has 0 bridgehead atoms. The summed E-state index contributed by atoms with van der Waals surface area (Å²) in [5, 5.41) is 8.27. The Balaban J connectivity index is 2.34. The molecule has 3 N–H and O–H groups in total. The van der Waals surface area contributed by atoms with Crippen LogP contribution in [0.2, 0.25) is 0 Å². The smallest absolute Gasteiger partial charge is 0.352 e. The summed E-state index contributed by atoms with van der Waals surface area (Å²) >= 11 is 3.07. The summed E-state index contributed by atoms with van der Waals surface area (Å²) in [7, 11) is -1.28. The van der Waals surface area contributed by atoms with Gasteiger partial charge in [0.2, 0.25) is 5.91 Å². The molecule has 2 aliphatic heterocycles. The van der Waals surface area contributed by atoms with Gasteiger partial charge in [0.25, 0.3) is 0 Å². The summed E-state index contributed by atoms with van der Waals surface area (Å²) in [5.74, 6) is -2.04. The van der Waals surface area contributed by atoms with Gasteiger partial charge in [-0.3, -0.25) is 13.9 Å². The fourth-order valence-corrected chi connectivity index (χ4v) is 4.17. The number of amides is 1. The maximum Gasteiger partial charge on any atom is 0.352 e. The molecule has 0 radical (unpaired) electrons. The van der Waals surface area contributed by atoms with E-state index in [0.29, 0.717) is 0 Å². The SMILES string of the molecule is NC(Br)[C@@H]1C(=O)N2C(C(=O)O)=CC[S@](=O)[C@H]12. The van der Waals surface area contributed by atoms with Crippen molar-refractivity contribution in [2.24, 2.45) is 11.7 Å². The van der Waals surface area contributed by atoms with E-state index >= 15 is 0 Å². The first-order valence-electron chi connectivity index (χ1n) is 4.48. The third kappa shape index (κ3) is 1.52. The molecule has 0 aromatic rings. The zero-order valence-corrected chi connectivity index (χ0v) is 10.4. The predicted molar refractivity (Wildman–Crippen MR) is 59.8 cm³/mol. The van der Waals surface area contributed by atoms with Gasteiger partial charge in [0.05, 0.1) is 10.9 Å². The maximum atomic E-state index is 11.7. The van der Waals surface area contributed by atoms with Crippen molar-refractivity contribution in [3.63, 3.8) is 0 Å².